The van der Waals surface area contributed by atoms with Crippen molar-refractivity contribution >= 4 is 11.6 Å². The Labute approximate surface area is 99.6 Å². The number of rotatable bonds is 6. The molecular formula is C11H17F2N3O. The Hall–Kier alpha value is -1.43. The fourth-order valence-corrected chi connectivity index (χ4v) is 1.35. The topological polar surface area (TPSA) is 37.4 Å². The van der Waals surface area contributed by atoms with E-state index < -0.39 is 11.6 Å². The highest BCUT2D eigenvalue weighted by atomic mass is 19.1. The molecule has 0 saturated heterocycles. The van der Waals surface area contributed by atoms with Crippen LogP contribution in [0.1, 0.15) is 6.92 Å². The van der Waals surface area contributed by atoms with Crippen molar-refractivity contribution in [1.82, 2.24) is 4.98 Å². The maximum atomic E-state index is 13.5. The predicted molar refractivity (Wildman–Crippen MR) is 63.5 cm³/mol. The van der Waals surface area contributed by atoms with Gasteiger partial charge in [0.2, 0.25) is 0 Å². The lowest BCUT2D eigenvalue weighted by Crippen LogP contribution is -2.24. The van der Waals surface area contributed by atoms with Crippen LogP contribution in [0.4, 0.5) is 20.4 Å². The second-order valence-corrected chi connectivity index (χ2v) is 3.57. The molecule has 0 spiro atoms. The molecule has 1 aromatic heterocycles. The van der Waals surface area contributed by atoms with Gasteiger partial charge in [0.05, 0.1) is 6.61 Å². The molecule has 6 heteroatoms. The molecule has 0 bridgehead atoms. The molecule has 0 aromatic carbocycles. The first kappa shape index (κ1) is 13.6. The van der Waals surface area contributed by atoms with Gasteiger partial charge in [0.25, 0.3) is 0 Å². The molecule has 1 rings (SSSR count). The molecule has 1 aromatic rings. The van der Waals surface area contributed by atoms with E-state index in [9.17, 15) is 8.78 Å². The first-order valence-electron chi connectivity index (χ1n) is 5.40. The zero-order valence-corrected chi connectivity index (χ0v) is 10.3. The molecule has 96 valence electrons. The largest absolute Gasteiger partial charge is 0.383 e. The summed E-state index contributed by atoms with van der Waals surface area (Å²) >= 11 is 0. The molecule has 0 fully saturated rings. The number of ether oxygens (including phenoxy) is 1. The molecule has 0 amide bonds. The fraction of sp³-hybridized carbons (Fsp3) is 0.545. The first-order chi connectivity index (χ1) is 8.10. The quantitative estimate of drug-likeness (QED) is 0.830. The first-order valence-corrected chi connectivity index (χ1v) is 5.40. The highest BCUT2D eigenvalue weighted by Crippen LogP contribution is 2.21. The average molecular weight is 245 g/mol. The summed E-state index contributed by atoms with van der Waals surface area (Å²) in [4.78, 5) is 5.51. The summed E-state index contributed by atoms with van der Waals surface area (Å²) in [5.74, 6) is -1.19. The normalized spacial score (nSPS) is 10.4. The van der Waals surface area contributed by atoms with E-state index in [1.54, 1.807) is 19.1 Å². The third-order valence-electron chi connectivity index (χ3n) is 2.25. The van der Waals surface area contributed by atoms with E-state index in [0.717, 1.165) is 6.07 Å². The molecule has 0 unspecified atom stereocenters. The highest BCUT2D eigenvalue weighted by molar-refractivity contribution is 5.48. The van der Waals surface area contributed by atoms with Crippen LogP contribution in [0.5, 0.6) is 0 Å². The van der Waals surface area contributed by atoms with Crippen LogP contribution < -0.4 is 10.2 Å². The van der Waals surface area contributed by atoms with Crippen LogP contribution in [0.15, 0.2) is 6.07 Å². The third-order valence-corrected chi connectivity index (χ3v) is 2.25. The van der Waals surface area contributed by atoms with Gasteiger partial charge in [-0.05, 0) is 6.92 Å². The zero-order chi connectivity index (χ0) is 12.8. The summed E-state index contributed by atoms with van der Waals surface area (Å²) in [6, 6.07) is 0.837. The summed E-state index contributed by atoms with van der Waals surface area (Å²) in [6.45, 7) is 3.28. The van der Waals surface area contributed by atoms with Gasteiger partial charge in [0, 0.05) is 33.3 Å². The van der Waals surface area contributed by atoms with Gasteiger partial charge in [0.15, 0.2) is 23.3 Å². The van der Waals surface area contributed by atoms with Crippen molar-refractivity contribution in [3.8, 4) is 0 Å². The zero-order valence-electron chi connectivity index (χ0n) is 10.3. The van der Waals surface area contributed by atoms with Crippen molar-refractivity contribution in [3.63, 3.8) is 0 Å². The maximum Gasteiger partial charge on any atom is 0.168 e. The standard InChI is InChI=1S/C11H17F2N3O/c1-4-14-10-8(12)7-9(13)11(15-10)16(2)5-6-17-3/h7H,4-6H2,1-3H3,(H,14,15). The summed E-state index contributed by atoms with van der Waals surface area (Å²) in [7, 11) is 3.24. The summed E-state index contributed by atoms with van der Waals surface area (Å²) in [5, 5.41) is 2.74. The number of aromatic nitrogens is 1. The van der Waals surface area contributed by atoms with E-state index >= 15 is 0 Å². The number of likely N-dealkylation sites (N-methyl/N-ethyl adjacent to an activating group) is 1. The average Bonchev–Trinajstić information content (AvgIpc) is 2.29. The molecule has 17 heavy (non-hydrogen) atoms. The van der Waals surface area contributed by atoms with E-state index in [1.807, 2.05) is 6.92 Å². The van der Waals surface area contributed by atoms with E-state index in [4.69, 9.17) is 4.74 Å². The Bertz CT molecular complexity index is 374. The number of hydrogen-bond donors (Lipinski definition) is 1. The third kappa shape index (κ3) is 3.52. The van der Waals surface area contributed by atoms with Crippen molar-refractivity contribution in [1.29, 1.82) is 0 Å². The predicted octanol–water partition coefficient (Wildman–Crippen LogP) is 1.87. The number of hydrogen-bond acceptors (Lipinski definition) is 4. The van der Waals surface area contributed by atoms with Crippen LogP contribution in [-0.4, -0.2) is 38.8 Å². The van der Waals surface area contributed by atoms with Crippen LogP contribution in [-0.2, 0) is 4.74 Å². The molecule has 0 aliphatic heterocycles. The lowest BCUT2D eigenvalue weighted by molar-refractivity contribution is 0.206. The fourth-order valence-electron chi connectivity index (χ4n) is 1.35. The van der Waals surface area contributed by atoms with Crippen molar-refractivity contribution in [2.24, 2.45) is 0 Å². The van der Waals surface area contributed by atoms with Gasteiger partial charge in [-0.15, -0.1) is 0 Å². The Morgan fingerprint density at radius 1 is 1.41 bits per heavy atom. The van der Waals surface area contributed by atoms with Crippen LogP contribution in [0.25, 0.3) is 0 Å². The van der Waals surface area contributed by atoms with Crippen molar-refractivity contribution in [2.75, 3.05) is 44.1 Å². The van der Waals surface area contributed by atoms with Gasteiger partial charge in [-0.3, -0.25) is 0 Å². The van der Waals surface area contributed by atoms with Crippen LogP contribution >= 0.6 is 0 Å². The Morgan fingerprint density at radius 2 is 2.12 bits per heavy atom. The minimum Gasteiger partial charge on any atom is -0.383 e. The number of nitrogens with one attached hydrogen (secondary N) is 1. The molecule has 0 aliphatic carbocycles. The number of anilines is 2. The Morgan fingerprint density at radius 3 is 2.71 bits per heavy atom. The maximum absolute atomic E-state index is 13.5. The van der Waals surface area contributed by atoms with Gasteiger partial charge in [-0.25, -0.2) is 13.8 Å². The molecular weight excluding hydrogens is 228 g/mol. The molecule has 4 nitrogen and oxygen atoms in total. The van der Waals surface area contributed by atoms with Gasteiger partial charge >= 0.3 is 0 Å². The van der Waals surface area contributed by atoms with Crippen molar-refractivity contribution < 1.29 is 13.5 Å². The Kier molecular flexibility index (Phi) is 5.09. The second-order valence-electron chi connectivity index (χ2n) is 3.57. The van der Waals surface area contributed by atoms with Gasteiger partial charge in [-0.1, -0.05) is 0 Å². The second kappa shape index (κ2) is 6.34. The molecule has 0 radical (unpaired) electrons. The molecule has 0 saturated carbocycles. The van der Waals surface area contributed by atoms with Crippen molar-refractivity contribution in [3.05, 3.63) is 17.7 Å². The lowest BCUT2D eigenvalue weighted by Gasteiger charge is -2.19. The smallest absolute Gasteiger partial charge is 0.168 e. The van der Waals surface area contributed by atoms with Gasteiger partial charge in [0.1, 0.15) is 0 Å². The minimum absolute atomic E-state index is 0.0631. The van der Waals surface area contributed by atoms with Crippen LogP contribution in [0.2, 0.25) is 0 Å². The molecule has 1 N–H and O–H groups in total. The summed E-state index contributed by atoms with van der Waals surface area (Å²) in [6.07, 6.45) is 0. The number of halogens is 2. The minimum atomic E-state index is -0.687. The highest BCUT2D eigenvalue weighted by Gasteiger charge is 2.14. The van der Waals surface area contributed by atoms with E-state index in [2.05, 4.69) is 10.3 Å². The summed E-state index contributed by atoms with van der Waals surface area (Å²) in [5.41, 5.74) is 0. The molecule has 0 aliphatic rings. The number of pyridine rings is 1. The van der Waals surface area contributed by atoms with E-state index in [1.165, 1.54) is 0 Å². The molecule has 1 heterocycles. The van der Waals surface area contributed by atoms with E-state index in [0.29, 0.717) is 19.7 Å². The van der Waals surface area contributed by atoms with E-state index in [-0.39, 0.29) is 11.6 Å². The monoisotopic (exact) mass is 245 g/mol. The summed E-state index contributed by atoms with van der Waals surface area (Å²) < 4.78 is 31.8. The SMILES string of the molecule is CCNc1nc(N(C)CCOC)c(F)cc1F. The number of methoxy groups -OCH3 is 1. The Balaban J connectivity index is 2.93. The van der Waals surface area contributed by atoms with Gasteiger partial charge in [-0.2, -0.15) is 0 Å². The van der Waals surface area contributed by atoms with Crippen molar-refractivity contribution in [2.45, 2.75) is 6.92 Å². The number of nitrogens with zero attached hydrogens (tertiary/aromatic N) is 2. The van der Waals surface area contributed by atoms with Gasteiger partial charge < -0.3 is 15.0 Å². The van der Waals surface area contributed by atoms with Crippen LogP contribution in [0, 0.1) is 11.6 Å². The van der Waals surface area contributed by atoms with Crippen LogP contribution in [0.3, 0.4) is 0 Å². The molecule has 0 atom stereocenters. The lowest BCUT2D eigenvalue weighted by atomic mass is 10.3.